The summed E-state index contributed by atoms with van der Waals surface area (Å²) in [4.78, 5) is 14.6. The minimum Gasteiger partial charge on any atom is -0.496 e. The Morgan fingerprint density at radius 3 is 2.29 bits per heavy atom. The molecule has 1 heterocycles. The zero-order chi connectivity index (χ0) is 27.8. The Morgan fingerprint density at radius 1 is 1.03 bits per heavy atom. The molecule has 0 aromatic heterocycles. The van der Waals surface area contributed by atoms with Crippen LogP contribution in [-0.2, 0) is 17.5 Å². The summed E-state index contributed by atoms with van der Waals surface area (Å²) in [5.74, 6) is 0.731. The third-order valence-corrected chi connectivity index (χ3v) is 7.21. The lowest BCUT2D eigenvalue weighted by atomic mass is 9.92. The van der Waals surface area contributed by atoms with Crippen LogP contribution in [0.4, 0.5) is 18.0 Å². The number of cyclic esters (lactones) is 1. The zero-order valence-electron chi connectivity index (χ0n) is 21.4. The molecule has 38 heavy (non-hydrogen) atoms. The smallest absolute Gasteiger partial charge is 0.416 e. The summed E-state index contributed by atoms with van der Waals surface area (Å²) in [6.45, 7) is 5.84. The van der Waals surface area contributed by atoms with Gasteiger partial charge in [-0.15, -0.1) is 0 Å². The van der Waals surface area contributed by atoms with Crippen LogP contribution in [0.2, 0.25) is 10.0 Å². The van der Waals surface area contributed by atoms with Crippen LogP contribution in [0.5, 0.6) is 5.75 Å². The highest BCUT2D eigenvalue weighted by atomic mass is 35.5. The first-order valence-corrected chi connectivity index (χ1v) is 12.9. The Morgan fingerprint density at radius 2 is 1.71 bits per heavy atom. The van der Waals surface area contributed by atoms with E-state index in [1.165, 1.54) is 18.1 Å². The largest absolute Gasteiger partial charge is 0.496 e. The summed E-state index contributed by atoms with van der Waals surface area (Å²) in [5.41, 5.74) is 2.44. The standard InChI is InChI=1S/C29H28Cl2F3NO3/c1-16(2)18-5-8-26(37-4)25(13-18)24-7-6-21(29(32,33)34)10-20(24)15-35-17(3)9-27(38-28(35)36)19-11-22(30)14-23(31)12-19/h5-8,10-14,16-17,27H,9,15H2,1-4H3/t17-,27-/m0/s1. The van der Waals surface area contributed by atoms with Gasteiger partial charge in [0.1, 0.15) is 11.9 Å². The van der Waals surface area contributed by atoms with Crippen LogP contribution in [0.3, 0.4) is 0 Å². The van der Waals surface area contributed by atoms with Gasteiger partial charge in [-0.1, -0.05) is 49.2 Å². The Bertz CT molecular complexity index is 1320. The van der Waals surface area contributed by atoms with Crippen molar-refractivity contribution >= 4 is 29.3 Å². The van der Waals surface area contributed by atoms with E-state index in [9.17, 15) is 18.0 Å². The van der Waals surface area contributed by atoms with E-state index in [-0.39, 0.29) is 18.5 Å². The fraction of sp³-hybridized carbons (Fsp3) is 0.345. The van der Waals surface area contributed by atoms with Gasteiger partial charge in [-0.25, -0.2) is 4.79 Å². The quantitative estimate of drug-likeness (QED) is 0.299. The van der Waals surface area contributed by atoms with Gasteiger partial charge >= 0.3 is 12.3 Å². The molecule has 4 rings (SSSR count). The van der Waals surface area contributed by atoms with Crippen molar-refractivity contribution in [3.63, 3.8) is 0 Å². The molecular formula is C29H28Cl2F3NO3. The van der Waals surface area contributed by atoms with Crippen LogP contribution in [-0.4, -0.2) is 24.1 Å². The van der Waals surface area contributed by atoms with Crippen molar-refractivity contribution in [2.75, 3.05) is 7.11 Å². The van der Waals surface area contributed by atoms with Gasteiger partial charge in [0, 0.05) is 34.6 Å². The number of halogens is 5. The molecule has 0 aliphatic carbocycles. The SMILES string of the molecule is COc1ccc(C(C)C)cc1-c1ccc(C(F)(F)F)cc1CN1C(=O)O[C@H](c2cc(Cl)cc(Cl)c2)C[C@@H]1C. The van der Waals surface area contributed by atoms with Crippen molar-refractivity contribution in [2.24, 2.45) is 0 Å². The van der Waals surface area contributed by atoms with E-state index in [1.54, 1.807) is 18.2 Å². The second kappa shape index (κ2) is 11.1. The first-order valence-electron chi connectivity index (χ1n) is 12.2. The highest BCUT2D eigenvalue weighted by Gasteiger charge is 2.36. The van der Waals surface area contributed by atoms with Crippen molar-refractivity contribution in [2.45, 2.75) is 58.0 Å². The number of carbonyl (C=O) groups is 1. The number of amides is 1. The molecule has 0 saturated carbocycles. The van der Waals surface area contributed by atoms with E-state index in [4.69, 9.17) is 32.7 Å². The van der Waals surface area contributed by atoms with Crippen LogP contribution in [0.25, 0.3) is 11.1 Å². The fourth-order valence-electron chi connectivity index (χ4n) is 4.68. The Balaban J connectivity index is 1.72. The molecule has 2 atom stereocenters. The molecule has 0 radical (unpaired) electrons. The summed E-state index contributed by atoms with van der Waals surface area (Å²) in [6, 6.07) is 13.9. The van der Waals surface area contributed by atoms with Gasteiger partial charge in [-0.3, -0.25) is 0 Å². The maximum Gasteiger partial charge on any atom is 0.416 e. The molecule has 1 aliphatic rings. The second-order valence-electron chi connectivity index (χ2n) is 9.77. The van der Waals surface area contributed by atoms with E-state index in [1.807, 2.05) is 39.0 Å². The number of nitrogens with zero attached hydrogens (tertiary/aromatic N) is 1. The number of hydrogen-bond acceptors (Lipinski definition) is 3. The molecule has 9 heteroatoms. The molecule has 1 saturated heterocycles. The topological polar surface area (TPSA) is 38.8 Å². The van der Waals surface area contributed by atoms with E-state index in [2.05, 4.69) is 0 Å². The minimum atomic E-state index is -4.54. The average Bonchev–Trinajstić information content (AvgIpc) is 2.84. The Labute approximate surface area is 230 Å². The second-order valence-corrected chi connectivity index (χ2v) is 10.6. The molecule has 1 aliphatic heterocycles. The molecular weight excluding hydrogens is 538 g/mol. The highest BCUT2D eigenvalue weighted by molar-refractivity contribution is 6.34. The first-order chi connectivity index (χ1) is 17.9. The normalized spacial score (nSPS) is 18.1. The first kappa shape index (κ1) is 28.1. The van der Waals surface area contributed by atoms with E-state index >= 15 is 0 Å². The molecule has 4 nitrogen and oxygen atoms in total. The maximum atomic E-state index is 13.7. The number of benzene rings is 3. The van der Waals surface area contributed by atoms with E-state index in [0.29, 0.717) is 44.5 Å². The Hall–Kier alpha value is -2.90. The van der Waals surface area contributed by atoms with Crippen molar-refractivity contribution in [1.29, 1.82) is 0 Å². The van der Waals surface area contributed by atoms with Gasteiger partial charge in [0.05, 0.1) is 12.7 Å². The number of ether oxygens (including phenoxy) is 2. The van der Waals surface area contributed by atoms with Gasteiger partial charge in [-0.2, -0.15) is 13.2 Å². The van der Waals surface area contributed by atoms with E-state index < -0.39 is 23.9 Å². The van der Waals surface area contributed by atoms with Gasteiger partial charge < -0.3 is 14.4 Å². The monoisotopic (exact) mass is 565 g/mol. The van der Waals surface area contributed by atoms with Gasteiger partial charge in [0.25, 0.3) is 0 Å². The molecule has 0 spiro atoms. The summed E-state index contributed by atoms with van der Waals surface area (Å²) in [7, 11) is 1.52. The lowest BCUT2D eigenvalue weighted by Crippen LogP contribution is -2.44. The van der Waals surface area contributed by atoms with Crippen molar-refractivity contribution in [3.8, 4) is 16.9 Å². The number of hydrogen-bond donors (Lipinski definition) is 0. The van der Waals surface area contributed by atoms with E-state index in [0.717, 1.165) is 17.7 Å². The summed E-state index contributed by atoms with van der Waals surface area (Å²) in [5, 5.41) is 0.842. The summed E-state index contributed by atoms with van der Waals surface area (Å²) in [6.07, 6.45) is -5.32. The predicted molar refractivity (Wildman–Crippen MR) is 143 cm³/mol. The van der Waals surface area contributed by atoms with Crippen molar-refractivity contribution < 1.29 is 27.4 Å². The maximum absolute atomic E-state index is 13.7. The predicted octanol–water partition coefficient (Wildman–Crippen LogP) is 9.28. The minimum absolute atomic E-state index is 0.0721. The van der Waals surface area contributed by atoms with Gasteiger partial charge in [0.2, 0.25) is 0 Å². The zero-order valence-corrected chi connectivity index (χ0v) is 22.9. The van der Waals surface area contributed by atoms with Crippen LogP contribution in [0.15, 0.2) is 54.6 Å². The molecule has 0 unspecified atom stereocenters. The highest BCUT2D eigenvalue weighted by Crippen LogP contribution is 2.40. The number of alkyl halides is 3. The number of carbonyl (C=O) groups excluding carboxylic acids is 1. The molecule has 0 N–H and O–H groups in total. The van der Waals surface area contributed by atoms with Crippen molar-refractivity contribution in [3.05, 3.63) is 86.9 Å². The molecule has 202 valence electrons. The summed E-state index contributed by atoms with van der Waals surface area (Å²) >= 11 is 12.2. The van der Waals surface area contributed by atoms with Gasteiger partial charge in [-0.05, 0) is 77.6 Å². The van der Waals surface area contributed by atoms with Crippen LogP contribution in [0, 0.1) is 0 Å². The third-order valence-electron chi connectivity index (χ3n) is 6.78. The molecule has 1 amide bonds. The molecule has 0 bridgehead atoms. The molecule has 1 fully saturated rings. The van der Waals surface area contributed by atoms with Crippen LogP contribution < -0.4 is 4.74 Å². The average molecular weight is 566 g/mol. The number of rotatable bonds is 6. The van der Waals surface area contributed by atoms with Gasteiger partial charge in [0.15, 0.2) is 0 Å². The van der Waals surface area contributed by atoms with Crippen LogP contribution >= 0.6 is 23.2 Å². The molecule has 3 aromatic rings. The van der Waals surface area contributed by atoms with Crippen LogP contribution in [0.1, 0.15) is 61.5 Å². The lowest BCUT2D eigenvalue weighted by molar-refractivity contribution is -0.137. The lowest BCUT2D eigenvalue weighted by Gasteiger charge is -2.38. The summed E-state index contributed by atoms with van der Waals surface area (Å²) < 4.78 is 52.4. The van der Waals surface area contributed by atoms with Crippen molar-refractivity contribution in [1.82, 2.24) is 4.90 Å². The molecule has 3 aromatic carbocycles. The number of methoxy groups -OCH3 is 1. The Kier molecular flexibility index (Phi) is 8.19. The fourth-order valence-corrected chi connectivity index (χ4v) is 5.23. The third kappa shape index (κ3) is 6.05.